The minimum Gasteiger partial charge on any atom is -0.497 e. The van der Waals surface area contributed by atoms with Gasteiger partial charge in [0.05, 0.1) is 24.4 Å². The highest BCUT2D eigenvalue weighted by Gasteiger charge is 2.36. The average Bonchev–Trinajstić information content (AvgIpc) is 2.50. The molecule has 4 nitrogen and oxygen atoms in total. The third kappa shape index (κ3) is 3.86. The molecule has 0 aliphatic carbocycles. The number of ether oxygens (including phenoxy) is 2. The lowest BCUT2D eigenvalue weighted by Gasteiger charge is -2.41. The average molecular weight is 296 g/mol. The standard InChI is InChI=1S/C16H25FN2O2/c1-3-4-13-10-16(11-18,7-8-21-13)19-15-9-12(20-2)5-6-14(15)17/h5-6,9,13,19H,3-4,7-8,10-11,18H2,1-2H3. The van der Waals surface area contributed by atoms with Crippen molar-refractivity contribution in [3.8, 4) is 5.75 Å². The summed E-state index contributed by atoms with van der Waals surface area (Å²) >= 11 is 0. The first-order valence-corrected chi connectivity index (χ1v) is 7.56. The van der Waals surface area contributed by atoms with E-state index in [0.717, 1.165) is 25.7 Å². The van der Waals surface area contributed by atoms with Crippen LogP contribution in [0.3, 0.4) is 0 Å². The molecule has 3 N–H and O–H groups in total. The number of rotatable bonds is 6. The fraction of sp³-hybridized carbons (Fsp3) is 0.625. The Hall–Kier alpha value is -1.33. The van der Waals surface area contributed by atoms with Gasteiger partial charge in [-0.2, -0.15) is 0 Å². The summed E-state index contributed by atoms with van der Waals surface area (Å²) in [7, 11) is 1.57. The van der Waals surface area contributed by atoms with Gasteiger partial charge in [0.2, 0.25) is 0 Å². The van der Waals surface area contributed by atoms with Gasteiger partial charge in [-0.15, -0.1) is 0 Å². The van der Waals surface area contributed by atoms with Gasteiger partial charge in [-0.3, -0.25) is 0 Å². The summed E-state index contributed by atoms with van der Waals surface area (Å²) in [6, 6.07) is 4.70. The third-order valence-electron chi connectivity index (χ3n) is 4.13. The molecule has 1 aromatic carbocycles. The highest BCUT2D eigenvalue weighted by molar-refractivity contribution is 5.51. The van der Waals surface area contributed by atoms with Crippen LogP contribution in [0.2, 0.25) is 0 Å². The lowest BCUT2D eigenvalue weighted by atomic mass is 9.85. The Bertz CT molecular complexity index is 468. The van der Waals surface area contributed by atoms with Crippen LogP contribution < -0.4 is 15.8 Å². The van der Waals surface area contributed by atoms with Gasteiger partial charge in [0.25, 0.3) is 0 Å². The van der Waals surface area contributed by atoms with Crippen LogP contribution >= 0.6 is 0 Å². The van der Waals surface area contributed by atoms with Gasteiger partial charge in [0.15, 0.2) is 0 Å². The second kappa shape index (κ2) is 7.09. The highest BCUT2D eigenvalue weighted by atomic mass is 19.1. The molecule has 0 amide bonds. The first-order chi connectivity index (χ1) is 10.1. The van der Waals surface area contributed by atoms with Gasteiger partial charge in [-0.25, -0.2) is 4.39 Å². The van der Waals surface area contributed by atoms with Crippen molar-refractivity contribution < 1.29 is 13.9 Å². The molecule has 0 radical (unpaired) electrons. The van der Waals surface area contributed by atoms with E-state index in [4.69, 9.17) is 15.2 Å². The molecular weight excluding hydrogens is 271 g/mol. The minimum atomic E-state index is -0.314. The molecule has 0 bridgehead atoms. The number of benzene rings is 1. The van der Waals surface area contributed by atoms with E-state index < -0.39 is 0 Å². The Labute approximate surface area is 125 Å². The molecule has 5 heteroatoms. The summed E-state index contributed by atoms with van der Waals surface area (Å²) in [5.41, 5.74) is 6.12. The van der Waals surface area contributed by atoms with Crippen LogP contribution in [0.1, 0.15) is 32.6 Å². The monoisotopic (exact) mass is 296 g/mol. The molecule has 1 heterocycles. The Morgan fingerprint density at radius 3 is 3.00 bits per heavy atom. The van der Waals surface area contributed by atoms with E-state index in [9.17, 15) is 4.39 Å². The number of hydrogen-bond acceptors (Lipinski definition) is 4. The number of methoxy groups -OCH3 is 1. The molecule has 21 heavy (non-hydrogen) atoms. The van der Waals surface area contributed by atoms with Crippen LogP contribution in [0.15, 0.2) is 18.2 Å². The van der Waals surface area contributed by atoms with Crippen molar-refractivity contribution in [2.75, 3.05) is 25.6 Å². The fourth-order valence-electron chi connectivity index (χ4n) is 2.89. The normalized spacial score (nSPS) is 25.6. The van der Waals surface area contributed by atoms with Crippen molar-refractivity contribution in [3.05, 3.63) is 24.0 Å². The molecule has 2 unspecified atom stereocenters. The molecule has 0 aromatic heterocycles. The summed E-state index contributed by atoms with van der Waals surface area (Å²) in [5, 5.41) is 3.32. The fourth-order valence-corrected chi connectivity index (χ4v) is 2.89. The Morgan fingerprint density at radius 2 is 2.33 bits per heavy atom. The van der Waals surface area contributed by atoms with E-state index in [1.54, 1.807) is 19.2 Å². The molecule has 2 atom stereocenters. The maximum atomic E-state index is 14.0. The van der Waals surface area contributed by atoms with Crippen molar-refractivity contribution in [1.29, 1.82) is 0 Å². The summed E-state index contributed by atoms with van der Waals surface area (Å²) in [4.78, 5) is 0. The molecule has 2 rings (SSSR count). The number of nitrogens with one attached hydrogen (secondary N) is 1. The molecule has 118 valence electrons. The van der Waals surface area contributed by atoms with Gasteiger partial charge in [0, 0.05) is 19.2 Å². The van der Waals surface area contributed by atoms with Crippen LogP contribution in [0.25, 0.3) is 0 Å². The lowest BCUT2D eigenvalue weighted by Crippen LogP contribution is -2.52. The highest BCUT2D eigenvalue weighted by Crippen LogP contribution is 2.32. The van der Waals surface area contributed by atoms with Crippen molar-refractivity contribution in [2.24, 2.45) is 5.73 Å². The Kier molecular flexibility index (Phi) is 5.42. The van der Waals surface area contributed by atoms with Crippen LogP contribution in [-0.4, -0.2) is 31.9 Å². The van der Waals surface area contributed by atoms with Crippen molar-refractivity contribution in [2.45, 2.75) is 44.2 Å². The number of halogens is 1. The zero-order valence-corrected chi connectivity index (χ0v) is 12.8. The topological polar surface area (TPSA) is 56.5 Å². The SMILES string of the molecule is CCCC1CC(CN)(Nc2cc(OC)ccc2F)CCO1. The number of hydrogen-bond donors (Lipinski definition) is 2. The van der Waals surface area contributed by atoms with Gasteiger partial charge in [0.1, 0.15) is 11.6 Å². The predicted octanol–water partition coefficient (Wildman–Crippen LogP) is 2.92. The Morgan fingerprint density at radius 1 is 1.52 bits per heavy atom. The quantitative estimate of drug-likeness (QED) is 0.847. The van der Waals surface area contributed by atoms with E-state index in [0.29, 0.717) is 24.6 Å². The molecular formula is C16H25FN2O2. The van der Waals surface area contributed by atoms with Crippen LogP contribution in [0.5, 0.6) is 5.75 Å². The summed E-state index contributed by atoms with van der Waals surface area (Å²) < 4.78 is 25.0. The van der Waals surface area contributed by atoms with Gasteiger partial charge in [-0.05, 0) is 31.4 Å². The van der Waals surface area contributed by atoms with E-state index in [1.807, 2.05) is 0 Å². The van der Waals surface area contributed by atoms with Crippen molar-refractivity contribution in [1.82, 2.24) is 0 Å². The summed E-state index contributed by atoms with van der Waals surface area (Å²) in [6.45, 7) is 3.24. The zero-order valence-electron chi connectivity index (χ0n) is 12.8. The van der Waals surface area contributed by atoms with Gasteiger partial charge < -0.3 is 20.5 Å². The smallest absolute Gasteiger partial charge is 0.146 e. The Balaban J connectivity index is 2.17. The van der Waals surface area contributed by atoms with Gasteiger partial charge in [-0.1, -0.05) is 13.3 Å². The van der Waals surface area contributed by atoms with E-state index in [2.05, 4.69) is 12.2 Å². The molecule has 1 aromatic rings. The first-order valence-electron chi connectivity index (χ1n) is 7.56. The molecule has 1 saturated heterocycles. The van der Waals surface area contributed by atoms with Crippen LogP contribution in [0.4, 0.5) is 10.1 Å². The predicted molar refractivity (Wildman–Crippen MR) is 82.2 cm³/mol. The molecule has 1 fully saturated rings. The molecule has 0 spiro atoms. The van der Waals surface area contributed by atoms with Crippen molar-refractivity contribution in [3.63, 3.8) is 0 Å². The zero-order chi connectivity index (χ0) is 15.3. The third-order valence-corrected chi connectivity index (χ3v) is 4.13. The maximum Gasteiger partial charge on any atom is 0.146 e. The maximum absolute atomic E-state index is 14.0. The molecule has 1 aliphatic rings. The largest absolute Gasteiger partial charge is 0.497 e. The summed E-state index contributed by atoms with van der Waals surface area (Å²) in [6.07, 6.45) is 3.84. The van der Waals surface area contributed by atoms with E-state index in [-0.39, 0.29) is 17.5 Å². The summed E-state index contributed by atoms with van der Waals surface area (Å²) in [5.74, 6) is 0.338. The lowest BCUT2D eigenvalue weighted by molar-refractivity contribution is -0.0155. The first kappa shape index (κ1) is 16.0. The second-order valence-electron chi connectivity index (χ2n) is 5.69. The second-order valence-corrected chi connectivity index (χ2v) is 5.69. The van der Waals surface area contributed by atoms with E-state index >= 15 is 0 Å². The molecule has 0 saturated carbocycles. The van der Waals surface area contributed by atoms with Crippen LogP contribution in [0, 0.1) is 5.82 Å². The molecule has 1 aliphatic heterocycles. The van der Waals surface area contributed by atoms with Crippen LogP contribution in [-0.2, 0) is 4.74 Å². The number of nitrogens with two attached hydrogens (primary N) is 1. The van der Waals surface area contributed by atoms with E-state index in [1.165, 1.54) is 6.07 Å². The van der Waals surface area contributed by atoms with Gasteiger partial charge >= 0.3 is 0 Å². The van der Waals surface area contributed by atoms with Crippen molar-refractivity contribution >= 4 is 5.69 Å². The minimum absolute atomic E-state index is 0.188. The number of anilines is 1.